The van der Waals surface area contributed by atoms with Gasteiger partial charge in [-0.15, -0.1) is 0 Å². The number of rotatable bonds is 5. The van der Waals surface area contributed by atoms with Gasteiger partial charge in [-0.3, -0.25) is 9.88 Å². The van der Waals surface area contributed by atoms with Crippen molar-refractivity contribution >= 4 is 11.8 Å². The Morgan fingerprint density at radius 2 is 1.86 bits per heavy atom. The predicted molar refractivity (Wildman–Crippen MR) is 111 cm³/mol. The van der Waals surface area contributed by atoms with Crippen molar-refractivity contribution in [2.24, 2.45) is 0 Å². The number of ether oxygens (including phenoxy) is 1. The predicted octanol–water partition coefficient (Wildman–Crippen LogP) is 2.12. The van der Waals surface area contributed by atoms with Gasteiger partial charge >= 0.3 is 0 Å². The van der Waals surface area contributed by atoms with Crippen molar-refractivity contribution in [3.63, 3.8) is 0 Å². The van der Waals surface area contributed by atoms with Gasteiger partial charge in [0.25, 0.3) is 0 Å². The van der Waals surface area contributed by atoms with Crippen LogP contribution in [0.15, 0.2) is 30.5 Å². The lowest BCUT2D eigenvalue weighted by Crippen LogP contribution is -2.43. The van der Waals surface area contributed by atoms with Crippen LogP contribution in [0.1, 0.15) is 24.2 Å². The van der Waals surface area contributed by atoms with Crippen molar-refractivity contribution in [2.75, 3.05) is 56.2 Å². The third-order valence-corrected chi connectivity index (χ3v) is 5.72. The Bertz CT molecular complexity index is 771. The Balaban J connectivity index is 1.34. The van der Waals surface area contributed by atoms with Crippen molar-refractivity contribution in [1.82, 2.24) is 19.9 Å². The molecule has 0 amide bonds. The maximum absolute atomic E-state index is 5.44. The molecular weight excluding hydrogens is 352 g/mol. The van der Waals surface area contributed by atoms with E-state index in [0.29, 0.717) is 6.04 Å². The van der Waals surface area contributed by atoms with Crippen LogP contribution in [0.4, 0.5) is 11.8 Å². The largest absolute Gasteiger partial charge is 0.378 e. The molecule has 7 heteroatoms. The van der Waals surface area contributed by atoms with E-state index in [1.54, 1.807) is 0 Å². The Morgan fingerprint density at radius 3 is 2.61 bits per heavy atom. The Morgan fingerprint density at radius 1 is 1.07 bits per heavy atom. The number of aryl methyl sites for hydroxylation is 1. The van der Waals surface area contributed by atoms with Crippen molar-refractivity contribution in [1.29, 1.82) is 0 Å². The molecule has 0 aliphatic carbocycles. The van der Waals surface area contributed by atoms with E-state index < -0.39 is 0 Å². The molecule has 0 bridgehead atoms. The number of hydrogen-bond acceptors (Lipinski definition) is 7. The molecule has 2 aromatic rings. The zero-order valence-corrected chi connectivity index (χ0v) is 16.9. The highest BCUT2D eigenvalue weighted by molar-refractivity contribution is 5.44. The third kappa shape index (κ3) is 4.59. The minimum absolute atomic E-state index is 0.508. The summed E-state index contributed by atoms with van der Waals surface area (Å²) in [7, 11) is 2.16. The van der Waals surface area contributed by atoms with Gasteiger partial charge in [-0.1, -0.05) is 6.07 Å². The number of nitrogens with zero attached hydrogens (tertiary/aromatic N) is 6. The fourth-order valence-corrected chi connectivity index (χ4v) is 4.02. The smallest absolute Gasteiger partial charge is 0.227 e. The average molecular weight is 383 g/mol. The van der Waals surface area contributed by atoms with Crippen LogP contribution in [-0.4, -0.2) is 72.3 Å². The Labute approximate surface area is 167 Å². The molecule has 0 unspecified atom stereocenters. The number of anilines is 2. The van der Waals surface area contributed by atoms with E-state index in [0.717, 1.165) is 81.9 Å². The van der Waals surface area contributed by atoms with Gasteiger partial charge in [-0.25, -0.2) is 4.98 Å². The van der Waals surface area contributed by atoms with Crippen LogP contribution in [0.5, 0.6) is 0 Å². The van der Waals surface area contributed by atoms with Gasteiger partial charge in [-0.2, -0.15) is 4.98 Å². The molecule has 0 atom stereocenters. The maximum atomic E-state index is 5.44. The number of pyridine rings is 1. The number of likely N-dealkylation sites (tertiary alicyclic amines) is 1. The van der Waals surface area contributed by atoms with Gasteiger partial charge in [0, 0.05) is 57.7 Å². The van der Waals surface area contributed by atoms with Crippen LogP contribution in [-0.2, 0) is 11.3 Å². The number of aromatic nitrogens is 3. The van der Waals surface area contributed by atoms with Gasteiger partial charge in [0.1, 0.15) is 5.82 Å². The van der Waals surface area contributed by atoms with Crippen LogP contribution in [0.25, 0.3) is 0 Å². The fraction of sp³-hybridized carbons (Fsp3) is 0.571. The summed E-state index contributed by atoms with van der Waals surface area (Å²) in [5.74, 6) is 1.82. The quantitative estimate of drug-likeness (QED) is 0.785. The maximum Gasteiger partial charge on any atom is 0.227 e. The molecule has 4 rings (SSSR count). The molecule has 2 fully saturated rings. The molecule has 150 valence electrons. The number of piperidine rings is 1. The fourth-order valence-electron chi connectivity index (χ4n) is 4.02. The first-order valence-corrected chi connectivity index (χ1v) is 10.2. The highest BCUT2D eigenvalue weighted by Crippen LogP contribution is 2.23. The summed E-state index contributed by atoms with van der Waals surface area (Å²) in [6.07, 6.45) is 4.15. The van der Waals surface area contributed by atoms with Gasteiger partial charge in [0.05, 0.1) is 18.9 Å². The lowest BCUT2D eigenvalue weighted by Gasteiger charge is -2.37. The summed E-state index contributed by atoms with van der Waals surface area (Å²) >= 11 is 0. The third-order valence-electron chi connectivity index (χ3n) is 5.72. The van der Waals surface area contributed by atoms with E-state index in [2.05, 4.69) is 56.8 Å². The first-order valence-electron chi connectivity index (χ1n) is 10.2. The van der Waals surface area contributed by atoms with E-state index in [-0.39, 0.29) is 0 Å². The molecule has 2 saturated heterocycles. The number of hydrogen-bond donors (Lipinski definition) is 0. The minimum Gasteiger partial charge on any atom is -0.378 e. The average Bonchev–Trinajstić information content (AvgIpc) is 2.75. The minimum atomic E-state index is 0.508. The van der Waals surface area contributed by atoms with E-state index >= 15 is 0 Å². The second kappa shape index (κ2) is 8.84. The molecular formula is C21H30N6O. The van der Waals surface area contributed by atoms with Crippen molar-refractivity contribution in [2.45, 2.75) is 32.4 Å². The Kier molecular flexibility index (Phi) is 6.02. The zero-order chi connectivity index (χ0) is 19.3. The summed E-state index contributed by atoms with van der Waals surface area (Å²) < 4.78 is 5.44. The second-order valence-corrected chi connectivity index (χ2v) is 7.70. The van der Waals surface area contributed by atoms with Crippen LogP contribution in [0, 0.1) is 6.92 Å². The topological polar surface area (TPSA) is 57.6 Å². The molecule has 0 radical (unpaired) electrons. The zero-order valence-electron chi connectivity index (χ0n) is 16.9. The lowest BCUT2D eigenvalue weighted by atomic mass is 10.0. The van der Waals surface area contributed by atoms with Gasteiger partial charge in [-0.05, 0) is 38.0 Å². The van der Waals surface area contributed by atoms with E-state index in [1.165, 1.54) is 0 Å². The van der Waals surface area contributed by atoms with Crippen LogP contribution in [0.2, 0.25) is 0 Å². The summed E-state index contributed by atoms with van der Waals surface area (Å²) in [6.45, 7) is 8.38. The summed E-state index contributed by atoms with van der Waals surface area (Å²) in [5.41, 5.74) is 2.25. The molecule has 0 spiro atoms. The molecule has 0 saturated carbocycles. The standard InChI is InChI=1S/C21H30N6O/c1-17-4-3-5-18(23-17)16-26-10-7-19(8-11-26)25(2)20-6-9-22-21(24-20)27-12-14-28-15-13-27/h3-6,9,19H,7-8,10-16H2,1-2H3. The molecule has 0 aromatic carbocycles. The monoisotopic (exact) mass is 382 g/mol. The number of morpholine rings is 1. The highest BCUT2D eigenvalue weighted by Gasteiger charge is 2.24. The SMILES string of the molecule is Cc1cccc(CN2CCC(N(C)c3ccnc(N4CCOCC4)n3)CC2)n1. The first-order chi connectivity index (χ1) is 13.7. The van der Waals surface area contributed by atoms with Gasteiger partial charge in [0.15, 0.2) is 0 Å². The van der Waals surface area contributed by atoms with Gasteiger partial charge in [0.2, 0.25) is 5.95 Å². The molecule has 28 heavy (non-hydrogen) atoms. The van der Waals surface area contributed by atoms with Crippen LogP contribution in [0.3, 0.4) is 0 Å². The second-order valence-electron chi connectivity index (χ2n) is 7.70. The van der Waals surface area contributed by atoms with Crippen molar-refractivity contribution in [3.8, 4) is 0 Å². The summed E-state index contributed by atoms with van der Waals surface area (Å²) in [4.78, 5) is 21.0. The van der Waals surface area contributed by atoms with Crippen LogP contribution < -0.4 is 9.80 Å². The Hall–Kier alpha value is -2.25. The first kappa shape index (κ1) is 19.1. The molecule has 7 nitrogen and oxygen atoms in total. The molecule has 2 aliphatic rings. The van der Waals surface area contributed by atoms with Crippen LogP contribution >= 0.6 is 0 Å². The molecule has 4 heterocycles. The molecule has 2 aromatic heterocycles. The summed E-state index contributed by atoms with van der Waals surface area (Å²) in [6, 6.07) is 8.80. The van der Waals surface area contributed by atoms with Gasteiger partial charge < -0.3 is 14.5 Å². The van der Waals surface area contributed by atoms with Crippen molar-refractivity contribution < 1.29 is 4.74 Å². The lowest BCUT2D eigenvalue weighted by molar-refractivity contribution is 0.122. The molecule has 0 N–H and O–H groups in total. The highest BCUT2D eigenvalue weighted by atomic mass is 16.5. The van der Waals surface area contributed by atoms with Crippen molar-refractivity contribution in [3.05, 3.63) is 41.9 Å². The molecule has 2 aliphatic heterocycles. The van der Waals surface area contributed by atoms with E-state index in [4.69, 9.17) is 9.72 Å². The summed E-state index contributed by atoms with van der Waals surface area (Å²) in [5, 5.41) is 0. The van der Waals surface area contributed by atoms with E-state index in [9.17, 15) is 0 Å². The van der Waals surface area contributed by atoms with E-state index in [1.807, 2.05) is 12.3 Å². The normalized spacial score (nSPS) is 19.0.